The summed E-state index contributed by atoms with van der Waals surface area (Å²) in [6.45, 7) is 6.90. The smallest absolute Gasteiger partial charge is 0.124 e. The van der Waals surface area contributed by atoms with Crippen molar-refractivity contribution in [3.8, 4) is 0 Å². The summed E-state index contributed by atoms with van der Waals surface area (Å²) in [4.78, 5) is 0. The van der Waals surface area contributed by atoms with Crippen molar-refractivity contribution in [2.24, 2.45) is 0 Å². The van der Waals surface area contributed by atoms with Crippen LogP contribution in [-0.4, -0.2) is 23.6 Å². The quantitative estimate of drug-likeness (QED) is 0.665. The fourth-order valence-electron chi connectivity index (χ4n) is 3.54. The molecule has 0 radical (unpaired) electrons. The Morgan fingerprint density at radius 1 is 0.727 bits per heavy atom. The maximum atomic E-state index is 11.2. The molecule has 22 heavy (non-hydrogen) atoms. The highest BCUT2D eigenvalue weighted by molar-refractivity contribution is 7.76. The summed E-state index contributed by atoms with van der Waals surface area (Å²) < 4.78 is 0. The highest BCUT2D eigenvalue weighted by Gasteiger charge is 2.46. The van der Waals surface area contributed by atoms with Crippen LogP contribution in [0.4, 0.5) is 0 Å². The Morgan fingerprint density at radius 3 is 1.55 bits per heavy atom. The lowest BCUT2D eigenvalue weighted by atomic mass is 10.0. The number of hydrogen-bond donors (Lipinski definition) is 1. The molecule has 2 heteroatoms. The zero-order chi connectivity index (χ0) is 16.0. The van der Waals surface area contributed by atoms with Crippen LogP contribution in [0, 0.1) is 0 Å². The van der Waals surface area contributed by atoms with Gasteiger partial charge < -0.3 is 5.11 Å². The fourth-order valence-corrected chi connectivity index (χ4v) is 7.64. The first kappa shape index (κ1) is 17.2. The molecular formula is C20H28OP+. The Balaban J connectivity index is 2.51. The summed E-state index contributed by atoms with van der Waals surface area (Å²) in [5.41, 5.74) is 2.56. The van der Waals surface area contributed by atoms with Crippen molar-refractivity contribution in [3.05, 3.63) is 71.8 Å². The topological polar surface area (TPSA) is 20.2 Å². The predicted octanol–water partition coefficient (Wildman–Crippen LogP) is 5.54. The van der Waals surface area contributed by atoms with E-state index in [4.69, 9.17) is 0 Å². The Labute approximate surface area is 135 Å². The zero-order valence-electron chi connectivity index (χ0n) is 13.9. The Hall–Kier alpha value is -1.17. The van der Waals surface area contributed by atoms with Gasteiger partial charge in [-0.1, -0.05) is 60.7 Å². The molecule has 2 aromatic carbocycles. The molecule has 1 N–H and O–H groups in total. The van der Waals surface area contributed by atoms with Crippen molar-refractivity contribution in [2.45, 2.75) is 32.5 Å². The van der Waals surface area contributed by atoms with E-state index in [-0.39, 0.29) is 5.66 Å². The lowest BCUT2D eigenvalue weighted by Gasteiger charge is -2.36. The lowest BCUT2D eigenvalue weighted by molar-refractivity contribution is 0.172. The maximum Gasteiger partial charge on any atom is 0.124 e. The molecule has 2 atom stereocenters. The summed E-state index contributed by atoms with van der Waals surface area (Å²) in [5, 5.41) is 11.2. The van der Waals surface area contributed by atoms with E-state index in [1.54, 1.807) is 0 Å². The average Bonchev–Trinajstić information content (AvgIpc) is 2.61. The number of hydrogen-bond acceptors (Lipinski definition) is 1. The van der Waals surface area contributed by atoms with Gasteiger partial charge in [0.1, 0.15) is 11.8 Å². The maximum absolute atomic E-state index is 11.2. The van der Waals surface area contributed by atoms with Gasteiger partial charge in [-0.25, -0.2) is 0 Å². The summed E-state index contributed by atoms with van der Waals surface area (Å²) >= 11 is 0. The molecule has 0 spiro atoms. The third-order valence-corrected chi connectivity index (χ3v) is 10.6. The van der Waals surface area contributed by atoms with Gasteiger partial charge in [-0.15, -0.1) is 0 Å². The monoisotopic (exact) mass is 315 g/mol. The van der Waals surface area contributed by atoms with Crippen LogP contribution in [0.25, 0.3) is 0 Å². The molecule has 0 aliphatic rings. The average molecular weight is 315 g/mol. The van der Waals surface area contributed by atoms with Gasteiger partial charge in [0.2, 0.25) is 0 Å². The molecule has 118 valence electrons. The molecule has 2 unspecified atom stereocenters. The normalized spacial score (nSPS) is 14.5. The summed E-state index contributed by atoms with van der Waals surface area (Å²) in [7, 11) is -1.24. The second kappa shape index (κ2) is 7.90. The second-order valence-electron chi connectivity index (χ2n) is 5.88. The van der Waals surface area contributed by atoms with Crippen LogP contribution in [0.15, 0.2) is 60.7 Å². The van der Waals surface area contributed by atoms with Crippen LogP contribution in [0.5, 0.6) is 0 Å². The van der Waals surface area contributed by atoms with E-state index in [0.717, 1.165) is 5.56 Å². The molecule has 0 aliphatic carbocycles. The van der Waals surface area contributed by atoms with Crippen LogP contribution < -0.4 is 0 Å². The Kier molecular flexibility index (Phi) is 6.17. The summed E-state index contributed by atoms with van der Waals surface area (Å²) in [6, 6.07) is 20.8. The molecule has 0 heterocycles. The molecule has 2 aromatic rings. The number of benzene rings is 2. The third kappa shape index (κ3) is 3.42. The first-order valence-electron chi connectivity index (χ1n) is 8.32. The second-order valence-corrected chi connectivity index (χ2v) is 10.8. The van der Waals surface area contributed by atoms with E-state index in [1.165, 1.54) is 24.0 Å². The van der Waals surface area contributed by atoms with Gasteiger partial charge in [0, 0.05) is 7.26 Å². The van der Waals surface area contributed by atoms with Crippen molar-refractivity contribution in [1.29, 1.82) is 0 Å². The van der Waals surface area contributed by atoms with E-state index in [2.05, 4.69) is 63.2 Å². The van der Waals surface area contributed by atoms with E-state index in [9.17, 15) is 5.11 Å². The largest absolute Gasteiger partial charge is 0.384 e. The van der Waals surface area contributed by atoms with Crippen LogP contribution in [0.1, 0.15) is 43.7 Å². The number of rotatable bonds is 7. The molecule has 0 aliphatic heterocycles. The SMILES string of the molecule is CC[P+](CC)(CC)C(c1ccccc1)C(O)c1ccccc1. The Bertz CT molecular complexity index is 540. The molecule has 0 fully saturated rings. The first-order chi connectivity index (χ1) is 10.7. The molecule has 0 aromatic heterocycles. The highest BCUT2D eigenvalue weighted by Crippen LogP contribution is 2.72. The fraction of sp³-hybridized carbons (Fsp3) is 0.400. The molecule has 0 amide bonds. The van der Waals surface area contributed by atoms with Crippen LogP contribution in [0.3, 0.4) is 0 Å². The summed E-state index contributed by atoms with van der Waals surface area (Å²) in [6.07, 6.45) is 3.13. The highest BCUT2D eigenvalue weighted by atomic mass is 31.2. The van der Waals surface area contributed by atoms with E-state index in [1.807, 2.05) is 18.2 Å². The van der Waals surface area contributed by atoms with Crippen LogP contribution in [0.2, 0.25) is 0 Å². The van der Waals surface area contributed by atoms with Crippen LogP contribution in [-0.2, 0) is 0 Å². The molecule has 2 rings (SSSR count). The molecular weight excluding hydrogens is 287 g/mol. The predicted molar refractivity (Wildman–Crippen MR) is 99.1 cm³/mol. The molecule has 0 saturated heterocycles. The van der Waals surface area contributed by atoms with Gasteiger partial charge in [0.05, 0.1) is 18.5 Å². The van der Waals surface area contributed by atoms with E-state index in [0.29, 0.717) is 0 Å². The first-order valence-corrected chi connectivity index (χ1v) is 10.7. The summed E-state index contributed by atoms with van der Waals surface area (Å²) in [5.74, 6) is 0. The number of aliphatic hydroxyl groups is 1. The van der Waals surface area contributed by atoms with Crippen molar-refractivity contribution >= 4 is 7.26 Å². The molecule has 1 nitrogen and oxygen atoms in total. The third-order valence-electron chi connectivity index (χ3n) is 5.06. The Morgan fingerprint density at radius 2 is 1.14 bits per heavy atom. The molecule has 0 saturated carbocycles. The van der Waals surface area contributed by atoms with E-state index >= 15 is 0 Å². The van der Waals surface area contributed by atoms with Crippen molar-refractivity contribution < 1.29 is 5.11 Å². The number of aliphatic hydroxyl groups excluding tert-OH is 1. The van der Waals surface area contributed by atoms with Gasteiger partial charge >= 0.3 is 0 Å². The van der Waals surface area contributed by atoms with Crippen molar-refractivity contribution in [3.63, 3.8) is 0 Å². The zero-order valence-corrected chi connectivity index (χ0v) is 14.8. The lowest BCUT2D eigenvalue weighted by Crippen LogP contribution is -2.20. The van der Waals surface area contributed by atoms with Gasteiger partial charge in [-0.3, -0.25) is 0 Å². The van der Waals surface area contributed by atoms with Gasteiger partial charge in [-0.2, -0.15) is 0 Å². The standard InChI is InChI=1S/C20H28OP/c1-4-22(5-2,6-3)20(18-15-11-8-12-16-18)19(21)17-13-9-7-10-14-17/h7-16,19-21H,4-6H2,1-3H3/q+1. The van der Waals surface area contributed by atoms with Gasteiger partial charge in [-0.05, 0) is 31.9 Å². The minimum Gasteiger partial charge on any atom is -0.384 e. The van der Waals surface area contributed by atoms with Crippen molar-refractivity contribution in [2.75, 3.05) is 18.5 Å². The van der Waals surface area contributed by atoms with Crippen LogP contribution >= 0.6 is 7.26 Å². The molecule has 0 bridgehead atoms. The van der Waals surface area contributed by atoms with Gasteiger partial charge in [0.25, 0.3) is 0 Å². The van der Waals surface area contributed by atoms with Gasteiger partial charge in [0.15, 0.2) is 0 Å². The van der Waals surface area contributed by atoms with Crippen molar-refractivity contribution in [1.82, 2.24) is 0 Å². The minimum absolute atomic E-state index is 0.232. The minimum atomic E-state index is -1.24. The van der Waals surface area contributed by atoms with E-state index < -0.39 is 13.4 Å².